The van der Waals surface area contributed by atoms with Crippen molar-refractivity contribution in [1.29, 1.82) is 0 Å². The second kappa shape index (κ2) is 8.29. The van der Waals surface area contributed by atoms with Crippen molar-refractivity contribution >= 4 is 12.0 Å². The zero-order valence-corrected chi connectivity index (χ0v) is 16.3. The molecule has 0 saturated carbocycles. The summed E-state index contributed by atoms with van der Waals surface area (Å²) >= 11 is 0. The van der Waals surface area contributed by atoms with Crippen molar-refractivity contribution < 1.29 is 14.3 Å². The molecule has 4 rings (SSSR count). The largest absolute Gasteiger partial charge is 0.372 e. The van der Waals surface area contributed by atoms with Gasteiger partial charge in [-0.1, -0.05) is 30.3 Å². The Morgan fingerprint density at radius 2 is 2.21 bits per heavy atom. The average molecular weight is 381 g/mol. The van der Waals surface area contributed by atoms with E-state index in [1.165, 1.54) is 0 Å². The van der Waals surface area contributed by atoms with Crippen LogP contribution < -0.4 is 0 Å². The number of carbonyl (C=O) groups is 1. The van der Waals surface area contributed by atoms with Gasteiger partial charge in [-0.3, -0.25) is 9.48 Å². The number of amides is 1. The molecule has 1 amide bonds. The number of benzene rings is 1. The maximum Gasteiger partial charge on any atom is 0.246 e. The van der Waals surface area contributed by atoms with Crippen LogP contribution in [0.2, 0.25) is 0 Å². The Kier molecular flexibility index (Phi) is 5.59. The first-order valence-corrected chi connectivity index (χ1v) is 9.90. The lowest BCUT2D eigenvalue weighted by Crippen LogP contribution is -2.57. The molecule has 6 nitrogen and oxygen atoms in total. The van der Waals surface area contributed by atoms with Crippen molar-refractivity contribution in [2.45, 2.75) is 37.6 Å². The molecule has 0 aliphatic carbocycles. The van der Waals surface area contributed by atoms with Crippen LogP contribution in [0.1, 0.15) is 30.4 Å². The molecule has 2 aliphatic heterocycles. The van der Waals surface area contributed by atoms with Gasteiger partial charge in [-0.15, -0.1) is 0 Å². The van der Waals surface area contributed by atoms with Gasteiger partial charge in [0.1, 0.15) is 6.10 Å². The van der Waals surface area contributed by atoms with Crippen molar-refractivity contribution in [3.8, 4) is 0 Å². The van der Waals surface area contributed by atoms with Crippen LogP contribution >= 0.6 is 0 Å². The molecule has 2 fully saturated rings. The lowest BCUT2D eigenvalue weighted by atomic mass is 9.85. The van der Waals surface area contributed by atoms with Crippen molar-refractivity contribution in [1.82, 2.24) is 14.7 Å². The van der Waals surface area contributed by atoms with E-state index in [1.54, 1.807) is 17.0 Å². The fourth-order valence-electron chi connectivity index (χ4n) is 4.09. The number of rotatable bonds is 5. The summed E-state index contributed by atoms with van der Waals surface area (Å²) < 4.78 is 14.2. The molecule has 0 bridgehead atoms. The summed E-state index contributed by atoms with van der Waals surface area (Å²) in [6, 6.07) is 10.1. The molecule has 2 saturated heterocycles. The first-order valence-electron chi connectivity index (χ1n) is 9.90. The molecule has 0 radical (unpaired) electrons. The van der Waals surface area contributed by atoms with Crippen molar-refractivity contribution in [2.24, 2.45) is 7.05 Å². The highest BCUT2D eigenvalue weighted by atomic mass is 16.6. The maximum absolute atomic E-state index is 12.7. The number of aryl methyl sites for hydroxylation is 1. The predicted molar refractivity (Wildman–Crippen MR) is 106 cm³/mol. The van der Waals surface area contributed by atoms with Gasteiger partial charge in [0, 0.05) is 44.6 Å². The molecule has 0 N–H and O–H groups in total. The van der Waals surface area contributed by atoms with E-state index >= 15 is 0 Å². The topological polar surface area (TPSA) is 56.6 Å². The van der Waals surface area contributed by atoms with Crippen molar-refractivity contribution in [2.75, 3.05) is 19.7 Å². The molecule has 2 aromatic rings. The highest BCUT2D eigenvalue weighted by molar-refractivity contribution is 5.91. The monoisotopic (exact) mass is 381 g/mol. The van der Waals surface area contributed by atoms with Crippen LogP contribution in [0.3, 0.4) is 0 Å². The molecule has 1 aromatic carbocycles. The Labute approximate surface area is 165 Å². The zero-order valence-electron chi connectivity index (χ0n) is 16.3. The van der Waals surface area contributed by atoms with E-state index in [9.17, 15) is 4.79 Å². The average Bonchev–Trinajstić information content (AvgIpc) is 3.36. The predicted octanol–water partition coefficient (Wildman–Crippen LogP) is 2.80. The fourth-order valence-corrected chi connectivity index (χ4v) is 4.09. The van der Waals surface area contributed by atoms with Crippen molar-refractivity contribution in [3.63, 3.8) is 0 Å². The minimum atomic E-state index is -0.251. The number of aromatic nitrogens is 2. The van der Waals surface area contributed by atoms with E-state index in [4.69, 9.17) is 9.47 Å². The standard InChI is InChI=1S/C22H27N3O3/c1-24-15-19(14-23-24)8-9-21(26)25-12-11-22(10-5-13-28-22)20(16-25)27-17-18-6-3-2-4-7-18/h2-4,6-9,14-15,20H,5,10-13,16-17H2,1H3/b9-8+/t20-,22-/m1/s1. The normalized spacial score (nSPS) is 25.0. The SMILES string of the molecule is Cn1cc(/C=C/C(=O)N2CC[C@]3(CCCO3)[C@H](OCc3ccccc3)C2)cn1. The van der Waals surface area contributed by atoms with E-state index in [2.05, 4.69) is 17.2 Å². The van der Waals surface area contributed by atoms with Gasteiger partial charge in [0.2, 0.25) is 5.91 Å². The molecule has 28 heavy (non-hydrogen) atoms. The molecule has 2 atom stereocenters. The summed E-state index contributed by atoms with van der Waals surface area (Å²) in [6.07, 6.45) is 9.82. The number of likely N-dealkylation sites (tertiary alicyclic amines) is 1. The summed E-state index contributed by atoms with van der Waals surface area (Å²) in [7, 11) is 1.86. The molecule has 1 aromatic heterocycles. The fraction of sp³-hybridized carbons (Fsp3) is 0.455. The van der Waals surface area contributed by atoms with Gasteiger partial charge in [-0.25, -0.2) is 0 Å². The molecular formula is C22H27N3O3. The number of ether oxygens (including phenoxy) is 2. The van der Waals surface area contributed by atoms with Gasteiger partial charge >= 0.3 is 0 Å². The minimum Gasteiger partial charge on any atom is -0.372 e. The second-order valence-electron chi connectivity index (χ2n) is 7.62. The summed E-state index contributed by atoms with van der Waals surface area (Å²) in [5.74, 6) is 0.00464. The summed E-state index contributed by atoms with van der Waals surface area (Å²) in [5, 5.41) is 4.12. The number of hydrogen-bond donors (Lipinski definition) is 0. The van der Waals surface area contributed by atoms with Gasteiger partial charge in [0.15, 0.2) is 0 Å². The number of nitrogens with zero attached hydrogens (tertiary/aromatic N) is 3. The molecule has 148 valence electrons. The lowest BCUT2D eigenvalue weighted by molar-refractivity contribution is -0.165. The number of carbonyl (C=O) groups excluding carboxylic acids is 1. The van der Waals surface area contributed by atoms with E-state index in [1.807, 2.05) is 42.4 Å². The molecule has 3 heterocycles. The van der Waals surface area contributed by atoms with Crippen LogP contribution in [0.5, 0.6) is 0 Å². The van der Waals surface area contributed by atoms with Gasteiger partial charge in [0.05, 0.1) is 18.4 Å². The van der Waals surface area contributed by atoms with E-state index in [0.717, 1.165) is 37.0 Å². The van der Waals surface area contributed by atoms with Gasteiger partial charge in [-0.2, -0.15) is 5.10 Å². The Hall–Kier alpha value is -2.44. The Balaban J connectivity index is 1.42. The first kappa shape index (κ1) is 18.9. The molecular weight excluding hydrogens is 354 g/mol. The number of hydrogen-bond acceptors (Lipinski definition) is 4. The van der Waals surface area contributed by atoms with E-state index < -0.39 is 0 Å². The van der Waals surface area contributed by atoms with Gasteiger partial charge in [0.25, 0.3) is 0 Å². The van der Waals surface area contributed by atoms with Crippen molar-refractivity contribution in [3.05, 3.63) is 59.9 Å². The van der Waals surface area contributed by atoms with Gasteiger partial charge < -0.3 is 14.4 Å². The summed E-state index contributed by atoms with van der Waals surface area (Å²) in [6.45, 7) is 2.56. The molecule has 1 spiro atoms. The molecule has 2 aliphatic rings. The maximum atomic E-state index is 12.7. The third kappa shape index (κ3) is 4.18. The van der Waals surface area contributed by atoms with Crippen LogP contribution in [-0.2, 0) is 27.9 Å². The second-order valence-corrected chi connectivity index (χ2v) is 7.62. The van der Waals surface area contributed by atoms with Crippen LogP contribution in [0.15, 0.2) is 48.8 Å². The highest BCUT2D eigenvalue weighted by Gasteiger charge is 2.47. The van der Waals surface area contributed by atoms with Crippen LogP contribution in [-0.4, -0.2) is 52.0 Å². The summed E-state index contributed by atoms with van der Waals surface area (Å²) in [5.41, 5.74) is 1.80. The number of piperidine rings is 1. The Morgan fingerprint density at radius 1 is 1.36 bits per heavy atom. The summed E-state index contributed by atoms with van der Waals surface area (Å²) in [4.78, 5) is 14.6. The zero-order chi connectivity index (χ0) is 19.4. The smallest absolute Gasteiger partial charge is 0.246 e. The van der Waals surface area contributed by atoms with Crippen LogP contribution in [0, 0.1) is 0 Å². The van der Waals surface area contributed by atoms with E-state index in [-0.39, 0.29) is 17.6 Å². The molecule has 6 heteroatoms. The van der Waals surface area contributed by atoms with E-state index in [0.29, 0.717) is 19.7 Å². The van der Waals surface area contributed by atoms with Crippen LogP contribution in [0.4, 0.5) is 0 Å². The third-order valence-corrected chi connectivity index (χ3v) is 5.66. The lowest BCUT2D eigenvalue weighted by Gasteiger charge is -2.44. The van der Waals surface area contributed by atoms with Crippen LogP contribution in [0.25, 0.3) is 6.08 Å². The van der Waals surface area contributed by atoms with Gasteiger partial charge in [-0.05, 0) is 30.9 Å². The Morgan fingerprint density at radius 3 is 2.93 bits per heavy atom. The first-order chi connectivity index (χ1) is 13.6. The minimum absolute atomic E-state index is 0.00464. The Bertz CT molecular complexity index is 825. The third-order valence-electron chi connectivity index (χ3n) is 5.66. The molecule has 0 unspecified atom stereocenters. The quantitative estimate of drug-likeness (QED) is 0.748. The highest BCUT2D eigenvalue weighted by Crippen LogP contribution is 2.38.